The van der Waals surface area contributed by atoms with Crippen molar-refractivity contribution in [3.63, 3.8) is 0 Å². The maximum atomic E-state index is 5.76. The first-order valence-electron chi connectivity index (χ1n) is 14.6. The van der Waals surface area contributed by atoms with Gasteiger partial charge < -0.3 is 89.0 Å². The molecule has 2 unspecified atom stereocenters. The zero-order chi connectivity index (χ0) is 24.9. The van der Waals surface area contributed by atoms with Crippen molar-refractivity contribution < 1.29 is 89.0 Å². The summed E-state index contributed by atoms with van der Waals surface area (Å²) in [6, 6.07) is 9.46. The van der Waals surface area contributed by atoms with E-state index >= 15 is 0 Å². The Hall–Kier alpha value is 0.0600. The van der Waals surface area contributed by atoms with Crippen molar-refractivity contribution in [3.8, 4) is 0 Å². The van der Waals surface area contributed by atoms with Crippen LogP contribution < -0.4 is 70.1 Å². The van der Waals surface area contributed by atoms with E-state index in [2.05, 4.69) is 34.9 Å². The fraction of sp³-hybridized carbons (Fsp3) is 0.786. The number of nitrogens with two attached hydrogens (primary N) is 2. The second kappa shape index (κ2) is 29.1. The summed E-state index contributed by atoms with van der Waals surface area (Å²) in [5, 5.41) is 4.91. The summed E-state index contributed by atoms with van der Waals surface area (Å²) in [6.45, 7) is 17.9. The Kier molecular flexibility index (Phi) is 30.7. The molecule has 8 nitrogen and oxygen atoms in total. The molecule has 6 N–H and O–H groups in total. The van der Waals surface area contributed by atoms with Gasteiger partial charge >= 0.3 is 0 Å². The highest BCUT2D eigenvalue weighted by Crippen LogP contribution is 2.02. The SMILES string of the molecule is [Cl-].[Cl-].[Cl-].[Cl-].c1cc(C[NH+]2CCCOCCOCCC[NH2+]CC2)ccc1C[NH+]1CCCOCCOCCC[NH2+]CC1. The fourth-order valence-electron chi connectivity index (χ4n) is 5.01. The van der Waals surface area contributed by atoms with Crippen molar-refractivity contribution in [3.05, 3.63) is 35.4 Å². The van der Waals surface area contributed by atoms with E-state index in [9.17, 15) is 0 Å². The van der Waals surface area contributed by atoms with Crippen molar-refractivity contribution in [1.82, 2.24) is 0 Å². The summed E-state index contributed by atoms with van der Waals surface area (Å²) in [5.74, 6) is 0. The summed E-state index contributed by atoms with van der Waals surface area (Å²) in [7, 11) is 0. The molecular formula is C28H54Cl4N4O4. The van der Waals surface area contributed by atoms with Crippen LogP contribution in [0.5, 0.6) is 0 Å². The molecule has 0 bridgehead atoms. The molecule has 0 radical (unpaired) electrons. The van der Waals surface area contributed by atoms with E-state index < -0.39 is 0 Å². The lowest BCUT2D eigenvalue weighted by molar-refractivity contribution is -0.926. The largest absolute Gasteiger partial charge is 1.00 e. The third-order valence-corrected chi connectivity index (χ3v) is 7.11. The Balaban J connectivity index is 0. The molecule has 2 aliphatic heterocycles. The average molecular weight is 653 g/mol. The molecule has 12 heteroatoms. The standard InChI is InChI=1S/C28H50N4O4.4ClH/c1-9-29-11-15-31(13-3-19-35-23-21-33-17-1)25-27-5-7-28(8-6-27)26-32-14-4-20-36-24-22-34-18-2-10-30-12-16-32;;;;/h5-8,29-30H,1-4,9-26H2;4*1H. The number of hydrogen-bond acceptors (Lipinski definition) is 4. The molecule has 40 heavy (non-hydrogen) atoms. The molecule has 1 aromatic rings. The van der Waals surface area contributed by atoms with Gasteiger partial charge in [0.15, 0.2) is 0 Å². The fourth-order valence-corrected chi connectivity index (χ4v) is 5.01. The van der Waals surface area contributed by atoms with Crippen LogP contribution in [0.15, 0.2) is 24.3 Å². The molecule has 238 valence electrons. The van der Waals surface area contributed by atoms with E-state index in [1.165, 1.54) is 50.4 Å². The van der Waals surface area contributed by atoms with Crippen molar-refractivity contribution in [1.29, 1.82) is 0 Å². The number of halogens is 4. The van der Waals surface area contributed by atoms with Crippen molar-refractivity contribution in [2.45, 2.75) is 38.8 Å². The van der Waals surface area contributed by atoms with Gasteiger partial charge in [-0.15, -0.1) is 0 Å². The quantitative estimate of drug-likeness (QED) is 0.261. The first-order chi connectivity index (χ1) is 17.9. The number of nitrogens with one attached hydrogen (secondary N) is 2. The van der Waals surface area contributed by atoms with Gasteiger partial charge in [-0.2, -0.15) is 0 Å². The Bertz CT molecular complexity index is 585. The second-order valence-corrected chi connectivity index (χ2v) is 10.3. The molecule has 0 saturated carbocycles. The minimum Gasteiger partial charge on any atom is -1.00 e. The van der Waals surface area contributed by atoms with Gasteiger partial charge in [-0.25, -0.2) is 0 Å². The normalized spacial score (nSPS) is 23.3. The number of quaternary nitrogens is 4. The minimum absolute atomic E-state index is 0. The average Bonchev–Trinajstić information content (AvgIpc) is 2.89. The predicted molar refractivity (Wildman–Crippen MR) is 140 cm³/mol. The van der Waals surface area contributed by atoms with Crippen LogP contribution in [0.1, 0.15) is 36.8 Å². The van der Waals surface area contributed by atoms with E-state index in [0.29, 0.717) is 0 Å². The lowest BCUT2D eigenvalue weighted by atomic mass is 10.1. The van der Waals surface area contributed by atoms with Gasteiger partial charge in [0, 0.05) is 36.8 Å². The Morgan fingerprint density at radius 3 is 1.18 bits per heavy atom. The molecule has 2 fully saturated rings. The first kappa shape index (κ1) is 42.2. The van der Waals surface area contributed by atoms with E-state index in [4.69, 9.17) is 18.9 Å². The summed E-state index contributed by atoms with van der Waals surface area (Å²) >= 11 is 0. The molecule has 2 saturated heterocycles. The van der Waals surface area contributed by atoms with Gasteiger partial charge in [-0.05, 0) is 0 Å². The lowest BCUT2D eigenvalue weighted by Gasteiger charge is -2.21. The van der Waals surface area contributed by atoms with Crippen LogP contribution in [-0.2, 0) is 32.0 Å². The smallest absolute Gasteiger partial charge is 0.127 e. The molecule has 2 aliphatic rings. The predicted octanol–water partition coefficient (Wildman–Crippen LogP) is -14.7. The Labute approximate surface area is 267 Å². The minimum atomic E-state index is 0. The van der Waals surface area contributed by atoms with Gasteiger partial charge in [0.1, 0.15) is 39.3 Å². The third-order valence-electron chi connectivity index (χ3n) is 7.11. The highest BCUT2D eigenvalue weighted by Gasteiger charge is 2.14. The molecule has 2 heterocycles. The van der Waals surface area contributed by atoms with Gasteiger partial charge in [0.25, 0.3) is 0 Å². The molecule has 0 aromatic heterocycles. The van der Waals surface area contributed by atoms with Crippen molar-refractivity contribution in [2.75, 3.05) is 105 Å². The van der Waals surface area contributed by atoms with E-state index in [1.807, 2.05) is 0 Å². The molecule has 0 spiro atoms. The highest BCUT2D eigenvalue weighted by molar-refractivity contribution is 5.21. The first-order valence-corrected chi connectivity index (χ1v) is 14.6. The van der Waals surface area contributed by atoms with Crippen molar-refractivity contribution in [2.24, 2.45) is 0 Å². The van der Waals surface area contributed by atoms with Crippen molar-refractivity contribution >= 4 is 0 Å². The number of ether oxygens (including phenoxy) is 4. The monoisotopic (exact) mass is 650 g/mol. The molecular weight excluding hydrogens is 598 g/mol. The van der Waals surface area contributed by atoms with Crippen LogP contribution in [0.3, 0.4) is 0 Å². The zero-order valence-electron chi connectivity index (χ0n) is 24.2. The van der Waals surface area contributed by atoms with Crippen LogP contribution in [0.25, 0.3) is 0 Å². The number of benzene rings is 1. The maximum absolute atomic E-state index is 5.76. The van der Waals surface area contributed by atoms with E-state index in [0.717, 1.165) is 105 Å². The summed E-state index contributed by atoms with van der Waals surface area (Å²) in [4.78, 5) is 3.33. The second-order valence-electron chi connectivity index (χ2n) is 10.3. The number of rotatable bonds is 4. The van der Waals surface area contributed by atoms with Crippen LogP contribution in [0.2, 0.25) is 0 Å². The van der Waals surface area contributed by atoms with Crippen LogP contribution in [0, 0.1) is 0 Å². The highest BCUT2D eigenvalue weighted by atomic mass is 35.5. The van der Waals surface area contributed by atoms with Crippen LogP contribution in [-0.4, -0.2) is 105 Å². The van der Waals surface area contributed by atoms with Gasteiger partial charge in [0.2, 0.25) is 0 Å². The Morgan fingerprint density at radius 1 is 0.450 bits per heavy atom. The maximum Gasteiger partial charge on any atom is 0.127 e. The topological polar surface area (TPSA) is 79.0 Å². The van der Waals surface area contributed by atoms with Gasteiger partial charge in [-0.3, -0.25) is 0 Å². The number of hydrogen-bond donors (Lipinski definition) is 4. The van der Waals surface area contributed by atoms with Crippen LogP contribution in [0.4, 0.5) is 0 Å². The molecule has 2 atom stereocenters. The molecule has 3 rings (SSSR count). The lowest BCUT2D eigenvalue weighted by Crippen LogP contribution is -3.13. The van der Waals surface area contributed by atoms with E-state index in [1.54, 1.807) is 9.80 Å². The summed E-state index contributed by atoms with van der Waals surface area (Å²) < 4.78 is 22.7. The van der Waals surface area contributed by atoms with E-state index in [-0.39, 0.29) is 49.6 Å². The van der Waals surface area contributed by atoms with Gasteiger partial charge in [-0.1, -0.05) is 24.3 Å². The molecule has 0 aliphatic carbocycles. The third kappa shape index (κ3) is 20.9. The van der Waals surface area contributed by atoms with Crippen LogP contribution >= 0.6 is 0 Å². The molecule has 1 aromatic carbocycles. The summed E-state index contributed by atoms with van der Waals surface area (Å²) in [5.41, 5.74) is 2.90. The molecule has 0 amide bonds. The summed E-state index contributed by atoms with van der Waals surface area (Å²) in [6.07, 6.45) is 4.46. The zero-order valence-corrected chi connectivity index (χ0v) is 27.2. The Morgan fingerprint density at radius 2 is 0.800 bits per heavy atom. The van der Waals surface area contributed by atoms with Gasteiger partial charge in [0.05, 0.1) is 79.0 Å².